The summed E-state index contributed by atoms with van der Waals surface area (Å²) in [6, 6.07) is 13.7. The average Bonchev–Trinajstić information content (AvgIpc) is 2.60. The standard InChI is InChI=1S/C18H17N3O3S/c1-12(2)20-17(22)15-8-3-4-9-16(15)19-18(20)25-11-13-6-5-7-14(10-13)21(23)24/h3-10,12H,11H2,1-2H3. The minimum Gasteiger partial charge on any atom is -0.285 e. The van der Waals surface area contributed by atoms with Gasteiger partial charge in [0.25, 0.3) is 11.2 Å². The molecule has 25 heavy (non-hydrogen) atoms. The normalized spacial score (nSPS) is 11.2. The zero-order valence-corrected chi connectivity index (χ0v) is 14.7. The molecule has 6 nitrogen and oxygen atoms in total. The van der Waals surface area contributed by atoms with Crippen LogP contribution in [0.3, 0.4) is 0 Å². The summed E-state index contributed by atoms with van der Waals surface area (Å²) < 4.78 is 1.67. The van der Waals surface area contributed by atoms with E-state index in [0.29, 0.717) is 21.8 Å². The zero-order valence-electron chi connectivity index (χ0n) is 13.9. The van der Waals surface area contributed by atoms with Crippen molar-refractivity contribution in [3.8, 4) is 0 Å². The lowest BCUT2D eigenvalue weighted by atomic mass is 10.2. The number of fused-ring (bicyclic) bond motifs is 1. The number of nitro benzene ring substituents is 1. The molecule has 0 saturated heterocycles. The van der Waals surface area contributed by atoms with E-state index in [9.17, 15) is 14.9 Å². The first kappa shape index (κ1) is 17.2. The Hall–Kier alpha value is -2.67. The van der Waals surface area contributed by atoms with Crippen molar-refractivity contribution < 1.29 is 4.92 Å². The van der Waals surface area contributed by atoms with E-state index in [4.69, 9.17) is 0 Å². The Balaban J connectivity index is 1.98. The van der Waals surface area contributed by atoms with E-state index in [1.165, 1.54) is 17.8 Å². The number of nitrogens with zero attached hydrogens (tertiary/aromatic N) is 3. The van der Waals surface area contributed by atoms with Crippen LogP contribution in [0.1, 0.15) is 25.5 Å². The van der Waals surface area contributed by atoms with Gasteiger partial charge >= 0.3 is 0 Å². The maximum absolute atomic E-state index is 12.8. The van der Waals surface area contributed by atoms with Crippen LogP contribution in [0.25, 0.3) is 10.9 Å². The first-order valence-corrected chi connectivity index (χ1v) is 8.83. The molecule has 3 aromatic rings. The number of rotatable bonds is 5. The maximum Gasteiger partial charge on any atom is 0.269 e. The van der Waals surface area contributed by atoms with Crippen LogP contribution >= 0.6 is 11.8 Å². The van der Waals surface area contributed by atoms with Crippen LogP contribution in [0.2, 0.25) is 0 Å². The van der Waals surface area contributed by atoms with Crippen LogP contribution in [-0.4, -0.2) is 14.5 Å². The quantitative estimate of drug-likeness (QED) is 0.297. The number of benzene rings is 2. The molecule has 0 spiro atoms. The molecule has 0 aliphatic carbocycles. The summed E-state index contributed by atoms with van der Waals surface area (Å²) in [4.78, 5) is 27.9. The summed E-state index contributed by atoms with van der Waals surface area (Å²) in [5, 5.41) is 12.1. The monoisotopic (exact) mass is 355 g/mol. The number of aromatic nitrogens is 2. The molecule has 1 heterocycles. The fraction of sp³-hybridized carbons (Fsp3) is 0.222. The van der Waals surface area contributed by atoms with Crippen molar-refractivity contribution in [2.75, 3.05) is 0 Å². The van der Waals surface area contributed by atoms with Crippen LogP contribution in [0, 0.1) is 10.1 Å². The smallest absolute Gasteiger partial charge is 0.269 e. The fourth-order valence-electron chi connectivity index (χ4n) is 2.59. The number of thioether (sulfide) groups is 1. The Morgan fingerprint density at radius 1 is 1.20 bits per heavy atom. The molecule has 0 N–H and O–H groups in total. The Labute approximate surface area is 148 Å². The van der Waals surface area contributed by atoms with Gasteiger partial charge in [-0.1, -0.05) is 36.0 Å². The van der Waals surface area contributed by atoms with Gasteiger partial charge in [0.1, 0.15) is 0 Å². The third kappa shape index (κ3) is 3.56. The van der Waals surface area contributed by atoms with Crippen molar-refractivity contribution in [2.24, 2.45) is 0 Å². The molecule has 1 aromatic heterocycles. The zero-order chi connectivity index (χ0) is 18.0. The molecule has 0 bridgehead atoms. The van der Waals surface area contributed by atoms with E-state index in [1.807, 2.05) is 38.1 Å². The number of para-hydroxylation sites is 1. The number of non-ortho nitro benzene ring substituents is 1. The van der Waals surface area contributed by atoms with Gasteiger partial charge in [0.15, 0.2) is 5.16 Å². The third-order valence-electron chi connectivity index (χ3n) is 3.78. The lowest BCUT2D eigenvalue weighted by Crippen LogP contribution is -2.25. The molecule has 3 rings (SSSR count). The average molecular weight is 355 g/mol. The van der Waals surface area contributed by atoms with Crippen molar-refractivity contribution in [3.63, 3.8) is 0 Å². The second-order valence-electron chi connectivity index (χ2n) is 5.90. The summed E-state index contributed by atoms with van der Waals surface area (Å²) in [6.45, 7) is 3.88. The molecule has 0 fully saturated rings. The number of nitro groups is 1. The van der Waals surface area contributed by atoms with E-state index in [0.717, 1.165) is 5.56 Å². The van der Waals surface area contributed by atoms with Crippen LogP contribution in [0.4, 0.5) is 5.69 Å². The highest BCUT2D eigenvalue weighted by Gasteiger charge is 2.14. The second-order valence-corrected chi connectivity index (χ2v) is 6.84. The van der Waals surface area contributed by atoms with Gasteiger partial charge in [-0.15, -0.1) is 0 Å². The van der Waals surface area contributed by atoms with Gasteiger partial charge in [0.05, 0.1) is 15.8 Å². The molecular weight excluding hydrogens is 338 g/mol. The van der Waals surface area contributed by atoms with Crippen molar-refractivity contribution >= 4 is 28.4 Å². The summed E-state index contributed by atoms with van der Waals surface area (Å²) in [7, 11) is 0. The number of hydrogen-bond acceptors (Lipinski definition) is 5. The van der Waals surface area contributed by atoms with Gasteiger partial charge in [0.2, 0.25) is 0 Å². The van der Waals surface area contributed by atoms with Gasteiger partial charge in [0, 0.05) is 23.9 Å². The molecule has 0 aliphatic rings. The molecule has 0 radical (unpaired) electrons. The summed E-state index contributed by atoms with van der Waals surface area (Å²) >= 11 is 1.41. The SMILES string of the molecule is CC(C)n1c(SCc2cccc([N+](=O)[O-])c2)nc2ccccc2c1=O. The van der Waals surface area contributed by atoms with Crippen molar-refractivity contribution in [3.05, 3.63) is 74.6 Å². The Morgan fingerprint density at radius 3 is 2.68 bits per heavy atom. The van der Waals surface area contributed by atoms with E-state index in [1.54, 1.807) is 22.8 Å². The summed E-state index contributed by atoms with van der Waals surface area (Å²) in [5.74, 6) is 0.499. The first-order chi connectivity index (χ1) is 12.0. The lowest BCUT2D eigenvalue weighted by Gasteiger charge is -2.16. The molecule has 128 valence electrons. The molecule has 0 aliphatic heterocycles. The molecule has 0 unspecified atom stereocenters. The molecular formula is C18H17N3O3S. The molecule has 0 atom stereocenters. The van der Waals surface area contributed by atoms with Gasteiger partial charge in [-0.2, -0.15) is 0 Å². The van der Waals surface area contributed by atoms with Crippen LogP contribution in [-0.2, 0) is 5.75 Å². The minimum atomic E-state index is -0.410. The molecule has 0 amide bonds. The minimum absolute atomic E-state index is 0.0304. The summed E-state index contributed by atoms with van der Waals surface area (Å²) in [6.07, 6.45) is 0. The predicted molar refractivity (Wildman–Crippen MR) is 99.0 cm³/mol. The van der Waals surface area contributed by atoms with Crippen molar-refractivity contribution in [1.29, 1.82) is 0 Å². The van der Waals surface area contributed by atoms with E-state index >= 15 is 0 Å². The van der Waals surface area contributed by atoms with E-state index in [2.05, 4.69) is 4.98 Å². The lowest BCUT2D eigenvalue weighted by molar-refractivity contribution is -0.384. The maximum atomic E-state index is 12.8. The highest BCUT2D eigenvalue weighted by Crippen LogP contribution is 2.25. The van der Waals surface area contributed by atoms with Crippen LogP contribution < -0.4 is 5.56 Å². The first-order valence-electron chi connectivity index (χ1n) is 7.85. The Kier molecular flexibility index (Phi) is 4.85. The van der Waals surface area contributed by atoms with E-state index < -0.39 is 4.92 Å². The van der Waals surface area contributed by atoms with Crippen molar-refractivity contribution in [2.45, 2.75) is 30.8 Å². The van der Waals surface area contributed by atoms with Crippen LogP contribution in [0.5, 0.6) is 0 Å². The topological polar surface area (TPSA) is 78.0 Å². The molecule has 7 heteroatoms. The predicted octanol–water partition coefficient (Wildman–Crippen LogP) is 4.18. The highest BCUT2D eigenvalue weighted by molar-refractivity contribution is 7.98. The van der Waals surface area contributed by atoms with Gasteiger partial charge in [-0.05, 0) is 31.5 Å². The highest BCUT2D eigenvalue weighted by atomic mass is 32.2. The molecule has 0 saturated carbocycles. The second kappa shape index (κ2) is 7.06. The Bertz CT molecular complexity index is 998. The molecule has 2 aromatic carbocycles. The van der Waals surface area contributed by atoms with Crippen molar-refractivity contribution in [1.82, 2.24) is 9.55 Å². The third-order valence-corrected chi connectivity index (χ3v) is 4.81. The Morgan fingerprint density at radius 2 is 1.96 bits per heavy atom. The van der Waals surface area contributed by atoms with Gasteiger partial charge in [-0.25, -0.2) is 4.98 Å². The fourth-order valence-corrected chi connectivity index (χ4v) is 3.66. The van der Waals surface area contributed by atoms with Gasteiger partial charge < -0.3 is 0 Å². The van der Waals surface area contributed by atoms with Crippen LogP contribution in [0.15, 0.2) is 58.5 Å². The number of hydrogen-bond donors (Lipinski definition) is 0. The van der Waals surface area contributed by atoms with E-state index in [-0.39, 0.29) is 17.3 Å². The summed E-state index contributed by atoms with van der Waals surface area (Å²) in [5.41, 5.74) is 1.47. The van der Waals surface area contributed by atoms with Gasteiger partial charge in [-0.3, -0.25) is 19.5 Å². The largest absolute Gasteiger partial charge is 0.285 e.